The van der Waals surface area contributed by atoms with Crippen LogP contribution < -0.4 is 9.47 Å². The molecule has 3 aromatic carbocycles. The molecule has 0 fully saturated rings. The number of aromatic nitrogens is 1. The van der Waals surface area contributed by atoms with E-state index in [4.69, 9.17) is 25.5 Å². The number of hydrogen-bond acceptors (Lipinski definition) is 5. The van der Waals surface area contributed by atoms with Crippen molar-refractivity contribution in [2.24, 2.45) is 4.99 Å². The van der Waals surface area contributed by atoms with Gasteiger partial charge in [0.25, 0.3) is 0 Å². The molecule has 1 aliphatic heterocycles. The van der Waals surface area contributed by atoms with Crippen LogP contribution in [0.25, 0.3) is 22.6 Å². The van der Waals surface area contributed by atoms with Crippen molar-refractivity contribution >= 4 is 50.5 Å². The lowest BCUT2D eigenvalue weighted by Crippen LogP contribution is -1.92. The van der Waals surface area contributed by atoms with Crippen molar-refractivity contribution in [1.29, 1.82) is 0 Å². The van der Waals surface area contributed by atoms with Gasteiger partial charge < -0.3 is 13.9 Å². The van der Waals surface area contributed by atoms with E-state index < -0.39 is 0 Å². The molecule has 29 heavy (non-hydrogen) atoms. The van der Waals surface area contributed by atoms with Crippen LogP contribution in [0.3, 0.4) is 0 Å². The van der Waals surface area contributed by atoms with E-state index >= 15 is 0 Å². The van der Waals surface area contributed by atoms with Crippen LogP contribution in [0, 0.1) is 6.92 Å². The molecule has 7 heteroatoms. The quantitative estimate of drug-likeness (QED) is 0.313. The van der Waals surface area contributed by atoms with Gasteiger partial charge in [-0.05, 0) is 48.9 Å². The normalized spacial score (nSPS) is 12.9. The summed E-state index contributed by atoms with van der Waals surface area (Å²) in [7, 11) is 0. The first-order valence-electron chi connectivity index (χ1n) is 8.87. The van der Waals surface area contributed by atoms with E-state index in [-0.39, 0.29) is 6.79 Å². The average molecular weight is 470 g/mol. The molecule has 0 radical (unpaired) electrons. The van der Waals surface area contributed by atoms with Crippen LogP contribution in [0.2, 0.25) is 5.02 Å². The fourth-order valence-corrected chi connectivity index (χ4v) is 3.60. The Morgan fingerprint density at radius 3 is 2.72 bits per heavy atom. The van der Waals surface area contributed by atoms with Crippen LogP contribution in [0.15, 0.2) is 62.4 Å². The molecule has 0 unspecified atom stereocenters. The predicted octanol–water partition coefficient (Wildman–Crippen LogP) is 6.70. The number of benzene rings is 3. The topological polar surface area (TPSA) is 56.9 Å². The fourth-order valence-electron chi connectivity index (χ4n) is 3.02. The number of rotatable bonds is 3. The molecule has 144 valence electrons. The number of hydrogen-bond donors (Lipinski definition) is 0. The average Bonchev–Trinajstić information content (AvgIpc) is 3.34. The second-order valence-corrected chi connectivity index (χ2v) is 7.88. The van der Waals surface area contributed by atoms with Crippen molar-refractivity contribution in [1.82, 2.24) is 4.98 Å². The van der Waals surface area contributed by atoms with Gasteiger partial charge in [-0.3, -0.25) is 4.99 Å². The molecule has 0 spiro atoms. The van der Waals surface area contributed by atoms with Crippen molar-refractivity contribution in [3.63, 3.8) is 0 Å². The first-order chi connectivity index (χ1) is 14.1. The molecule has 0 atom stereocenters. The van der Waals surface area contributed by atoms with Crippen molar-refractivity contribution in [2.45, 2.75) is 6.92 Å². The molecule has 0 aliphatic carbocycles. The highest BCUT2D eigenvalue weighted by Gasteiger charge is 2.16. The summed E-state index contributed by atoms with van der Waals surface area (Å²) in [5, 5.41) is 0.549. The highest BCUT2D eigenvalue weighted by Crippen LogP contribution is 2.36. The van der Waals surface area contributed by atoms with Crippen LogP contribution in [-0.2, 0) is 0 Å². The second kappa shape index (κ2) is 7.21. The summed E-state index contributed by atoms with van der Waals surface area (Å²) >= 11 is 9.86. The summed E-state index contributed by atoms with van der Waals surface area (Å²) in [4.78, 5) is 9.14. The summed E-state index contributed by atoms with van der Waals surface area (Å²) < 4.78 is 17.6. The molecular weight excluding hydrogens is 456 g/mol. The van der Waals surface area contributed by atoms with Crippen LogP contribution in [-0.4, -0.2) is 18.0 Å². The Labute approximate surface area is 180 Å². The third-order valence-electron chi connectivity index (χ3n) is 4.63. The third-order valence-corrected chi connectivity index (χ3v) is 5.82. The number of nitrogens with zero attached hydrogens (tertiary/aromatic N) is 2. The molecular formula is C22H14BrClN2O3. The number of oxazole rings is 1. The van der Waals surface area contributed by atoms with Gasteiger partial charge in [-0.2, -0.15) is 0 Å². The van der Waals surface area contributed by atoms with Gasteiger partial charge in [0.15, 0.2) is 17.1 Å². The van der Waals surface area contributed by atoms with Gasteiger partial charge in [-0.1, -0.05) is 33.6 Å². The Bertz CT molecular complexity index is 1280. The smallest absolute Gasteiger partial charge is 0.231 e. The molecule has 0 N–H and O–H groups in total. The summed E-state index contributed by atoms with van der Waals surface area (Å²) in [5.74, 6) is 1.88. The standard InChI is InChI=1S/C22H14BrClN2O3/c1-12-2-3-13(6-16(12)23)22-26-18-8-15(4-5-19(18)29-22)25-10-14-7-20-21(9-17(14)24)28-11-27-20/h2-10H,11H2,1H3. The SMILES string of the molecule is Cc1ccc(-c2nc3cc(N=Cc4cc5c(cc4Cl)OCO5)ccc3o2)cc1Br. The highest BCUT2D eigenvalue weighted by molar-refractivity contribution is 9.10. The molecule has 0 saturated heterocycles. The molecule has 0 amide bonds. The zero-order valence-electron chi connectivity index (χ0n) is 15.3. The van der Waals surface area contributed by atoms with E-state index in [9.17, 15) is 0 Å². The molecule has 1 aliphatic rings. The largest absolute Gasteiger partial charge is 0.454 e. The van der Waals surface area contributed by atoms with Gasteiger partial charge in [0.1, 0.15) is 5.52 Å². The summed E-state index contributed by atoms with van der Waals surface area (Å²) in [6.45, 7) is 2.24. The first-order valence-corrected chi connectivity index (χ1v) is 10.0. The van der Waals surface area contributed by atoms with E-state index in [0.29, 0.717) is 28.0 Å². The number of ether oxygens (including phenoxy) is 2. The van der Waals surface area contributed by atoms with Crippen LogP contribution in [0.1, 0.15) is 11.1 Å². The third kappa shape index (κ3) is 3.50. The monoisotopic (exact) mass is 468 g/mol. The maximum atomic E-state index is 6.31. The van der Waals surface area contributed by atoms with E-state index in [1.165, 1.54) is 0 Å². The Kier molecular flexibility index (Phi) is 4.53. The van der Waals surface area contributed by atoms with Crippen molar-refractivity contribution in [2.75, 3.05) is 6.79 Å². The Balaban J connectivity index is 1.46. The van der Waals surface area contributed by atoms with Crippen LogP contribution >= 0.6 is 27.5 Å². The van der Waals surface area contributed by atoms with Gasteiger partial charge in [-0.15, -0.1) is 0 Å². The van der Waals surface area contributed by atoms with E-state index in [0.717, 1.165) is 32.4 Å². The van der Waals surface area contributed by atoms with Crippen LogP contribution in [0.5, 0.6) is 11.5 Å². The van der Waals surface area contributed by atoms with Gasteiger partial charge in [0.05, 0.1) is 10.7 Å². The maximum Gasteiger partial charge on any atom is 0.231 e. The lowest BCUT2D eigenvalue weighted by atomic mass is 10.1. The van der Waals surface area contributed by atoms with Gasteiger partial charge >= 0.3 is 0 Å². The minimum Gasteiger partial charge on any atom is -0.454 e. The minimum absolute atomic E-state index is 0.203. The molecule has 2 heterocycles. The maximum absolute atomic E-state index is 6.31. The predicted molar refractivity (Wildman–Crippen MR) is 117 cm³/mol. The summed E-state index contributed by atoms with van der Waals surface area (Å²) in [6.07, 6.45) is 1.70. The van der Waals surface area contributed by atoms with Crippen molar-refractivity contribution < 1.29 is 13.9 Å². The molecule has 4 aromatic rings. The fraction of sp³-hybridized carbons (Fsp3) is 0.0909. The zero-order valence-corrected chi connectivity index (χ0v) is 17.6. The van der Waals surface area contributed by atoms with E-state index in [2.05, 4.69) is 25.9 Å². The van der Waals surface area contributed by atoms with Crippen LogP contribution in [0.4, 0.5) is 5.69 Å². The van der Waals surface area contributed by atoms with E-state index in [1.54, 1.807) is 12.3 Å². The Morgan fingerprint density at radius 2 is 1.90 bits per heavy atom. The second-order valence-electron chi connectivity index (χ2n) is 6.62. The lowest BCUT2D eigenvalue weighted by molar-refractivity contribution is 0.174. The Hall–Kier alpha value is -2.83. The molecule has 5 nitrogen and oxygen atoms in total. The van der Waals surface area contributed by atoms with E-state index in [1.807, 2.05) is 49.4 Å². The molecule has 0 saturated carbocycles. The van der Waals surface area contributed by atoms with Gasteiger partial charge in [-0.25, -0.2) is 4.98 Å². The highest BCUT2D eigenvalue weighted by atomic mass is 79.9. The van der Waals surface area contributed by atoms with Gasteiger partial charge in [0, 0.05) is 27.9 Å². The number of fused-ring (bicyclic) bond motifs is 2. The zero-order chi connectivity index (χ0) is 20.0. The first kappa shape index (κ1) is 18.2. The molecule has 0 bridgehead atoms. The summed E-state index contributed by atoms with van der Waals surface area (Å²) in [6, 6.07) is 15.2. The van der Waals surface area contributed by atoms with Gasteiger partial charge in [0.2, 0.25) is 12.7 Å². The molecule has 1 aromatic heterocycles. The Morgan fingerprint density at radius 1 is 1.07 bits per heavy atom. The minimum atomic E-state index is 0.203. The van der Waals surface area contributed by atoms with Crippen molar-refractivity contribution in [3.8, 4) is 23.0 Å². The number of aliphatic imine (C=N–C) groups is 1. The number of aryl methyl sites for hydroxylation is 1. The lowest BCUT2D eigenvalue weighted by Gasteiger charge is -2.01. The molecule has 5 rings (SSSR count). The van der Waals surface area contributed by atoms with Crippen molar-refractivity contribution in [3.05, 3.63) is 69.2 Å². The summed E-state index contributed by atoms with van der Waals surface area (Å²) in [5.41, 5.74) is 5.01. The number of halogens is 2.